The smallest absolute Gasteiger partial charge is 0.257 e. The van der Waals surface area contributed by atoms with Crippen LogP contribution in [0.25, 0.3) is 0 Å². The number of piperidine rings is 1. The summed E-state index contributed by atoms with van der Waals surface area (Å²) in [5.74, 6) is 0.212. The lowest BCUT2D eigenvalue weighted by Crippen LogP contribution is -2.41. The summed E-state index contributed by atoms with van der Waals surface area (Å²) < 4.78 is 10.4. The maximum atomic E-state index is 12.9. The maximum Gasteiger partial charge on any atom is 0.257 e. The van der Waals surface area contributed by atoms with Crippen LogP contribution in [0.15, 0.2) is 42.5 Å². The number of hydrogen-bond donors (Lipinski definition) is 1. The molecule has 0 radical (unpaired) electrons. The first-order valence-electron chi connectivity index (χ1n) is 9.53. The Bertz CT molecular complexity index is 879. The first kappa shape index (κ1) is 21.1. The zero-order chi connectivity index (χ0) is 20.8. The van der Waals surface area contributed by atoms with Crippen molar-refractivity contribution in [2.24, 2.45) is 5.92 Å². The van der Waals surface area contributed by atoms with Gasteiger partial charge in [0.2, 0.25) is 5.91 Å². The number of hydrogen-bond acceptors (Lipinski definition) is 4. The Morgan fingerprint density at radius 3 is 2.59 bits per heavy atom. The minimum atomic E-state index is -0.133. The van der Waals surface area contributed by atoms with Crippen molar-refractivity contribution in [3.8, 4) is 5.75 Å². The molecule has 0 spiro atoms. The highest BCUT2D eigenvalue weighted by Gasteiger charge is 2.29. The van der Waals surface area contributed by atoms with Crippen molar-refractivity contribution in [2.45, 2.75) is 19.4 Å². The van der Waals surface area contributed by atoms with Crippen LogP contribution in [0.3, 0.4) is 0 Å². The summed E-state index contributed by atoms with van der Waals surface area (Å²) in [7, 11) is 3.16. The van der Waals surface area contributed by atoms with Crippen molar-refractivity contribution in [1.29, 1.82) is 0 Å². The summed E-state index contributed by atoms with van der Waals surface area (Å²) >= 11 is 6.04. The molecule has 1 aliphatic rings. The molecule has 1 saturated heterocycles. The predicted octanol–water partition coefficient (Wildman–Crippen LogP) is 3.99. The number of nitrogens with one attached hydrogen (secondary N) is 1. The summed E-state index contributed by atoms with van der Waals surface area (Å²) in [5.41, 5.74) is 2.20. The predicted molar refractivity (Wildman–Crippen MR) is 112 cm³/mol. The Labute approximate surface area is 175 Å². The number of likely N-dealkylation sites (tertiary alicyclic amines) is 1. The van der Waals surface area contributed by atoms with E-state index in [9.17, 15) is 9.59 Å². The van der Waals surface area contributed by atoms with Gasteiger partial charge in [-0.2, -0.15) is 0 Å². The highest BCUT2D eigenvalue weighted by molar-refractivity contribution is 6.31. The molecule has 0 atom stereocenters. The fourth-order valence-corrected chi connectivity index (χ4v) is 3.68. The Kier molecular flexibility index (Phi) is 7.12. The number of rotatable bonds is 6. The molecular formula is C22H25ClN2O4. The summed E-state index contributed by atoms with van der Waals surface area (Å²) in [5, 5.41) is 3.46. The molecule has 7 heteroatoms. The van der Waals surface area contributed by atoms with Crippen LogP contribution in [0.1, 0.15) is 28.8 Å². The molecule has 0 aromatic heterocycles. The second-order valence-corrected chi connectivity index (χ2v) is 7.47. The number of amides is 2. The van der Waals surface area contributed by atoms with E-state index in [0.29, 0.717) is 48.9 Å². The van der Waals surface area contributed by atoms with Crippen LogP contribution in [-0.4, -0.2) is 44.0 Å². The van der Waals surface area contributed by atoms with Gasteiger partial charge in [-0.1, -0.05) is 23.7 Å². The van der Waals surface area contributed by atoms with Gasteiger partial charge in [0, 0.05) is 36.8 Å². The molecule has 1 aliphatic heterocycles. The van der Waals surface area contributed by atoms with Crippen LogP contribution in [0.4, 0.5) is 5.69 Å². The number of carbonyl (C=O) groups excluding carboxylic acids is 2. The van der Waals surface area contributed by atoms with Crippen LogP contribution < -0.4 is 10.1 Å². The van der Waals surface area contributed by atoms with Crippen molar-refractivity contribution in [1.82, 2.24) is 4.90 Å². The number of methoxy groups -OCH3 is 2. The fraction of sp³-hybridized carbons (Fsp3) is 0.364. The zero-order valence-corrected chi connectivity index (χ0v) is 17.4. The number of ether oxygens (including phenoxy) is 2. The second kappa shape index (κ2) is 9.76. The van der Waals surface area contributed by atoms with E-state index in [0.717, 1.165) is 11.3 Å². The fourth-order valence-electron chi connectivity index (χ4n) is 3.51. The van der Waals surface area contributed by atoms with Crippen LogP contribution >= 0.6 is 11.6 Å². The van der Waals surface area contributed by atoms with Gasteiger partial charge in [-0.3, -0.25) is 9.59 Å². The van der Waals surface area contributed by atoms with E-state index in [1.165, 1.54) is 7.11 Å². The van der Waals surface area contributed by atoms with Crippen LogP contribution in [0.2, 0.25) is 5.02 Å². The van der Waals surface area contributed by atoms with E-state index in [2.05, 4.69) is 5.32 Å². The lowest BCUT2D eigenvalue weighted by Gasteiger charge is -2.31. The van der Waals surface area contributed by atoms with Gasteiger partial charge >= 0.3 is 0 Å². The van der Waals surface area contributed by atoms with E-state index < -0.39 is 0 Å². The molecule has 0 saturated carbocycles. The molecule has 1 heterocycles. The molecule has 6 nitrogen and oxygen atoms in total. The Hall–Kier alpha value is -2.57. The summed E-state index contributed by atoms with van der Waals surface area (Å²) in [6, 6.07) is 12.6. The molecule has 2 aromatic carbocycles. The van der Waals surface area contributed by atoms with Crippen molar-refractivity contribution in [3.05, 3.63) is 58.6 Å². The molecule has 1 N–H and O–H groups in total. The third-order valence-electron chi connectivity index (χ3n) is 5.05. The first-order chi connectivity index (χ1) is 14.0. The Morgan fingerprint density at radius 2 is 1.90 bits per heavy atom. The molecule has 3 rings (SSSR count). The largest absolute Gasteiger partial charge is 0.496 e. The van der Waals surface area contributed by atoms with E-state index in [4.69, 9.17) is 21.1 Å². The van der Waals surface area contributed by atoms with Gasteiger partial charge in [-0.05, 0) is 48.7 Å². The first-order valence-corrected chi connectivity index (χ1v) is 9.91. The standard InChI is InChI=1S/C22H25ClN2O4/c1-28-14-15-4-3-5-18(12-15)24-21(26)16-8-10-25(11-9-16)22(27)19-13-17(23)6-7-20(19)29-2/h3-7,12-13,16H,8-11,14H2,1-2H3,(H,24,26). The molecule has 0 bridgehead atoms. The highest BCUT2D eigenvalue weighted by Crippen LogP contribution is 2.27. The van der Waals surface area contributed by atoms with Crippen molar-refractivity contribution in [2.75, 3.05) is 32.6 Å². The number of anilines is 1. The van der Waals surface area contributed by atoms with Gasteiger partial charge in [0.15, 0.2) is 0 Å². The van der Waals surface area contributed by atoms with Crippen LogP contribution in [0, 0.1) is 5.92 Å². The molecule has 154 valence electrons. The molecule has 29 heavy (non-hydrogen) atoms. The number of halogens is 1. The van der Waals surface area contributed by atoms with Crippen LogP contribution in [-0.2, 0) is 16.1 Å². The van der Waals surface area contributed by atoms with E-state index in [1.807, 2.05) is 24.3 Å². The van der Waals surface area contributed by atoms with Crippen molar-refractivity contribution < 1.29 is 19.1 Å². The molecular weight excluding hydrogens is 392 g/mol. The molecule has 2 amide bonds. The number of nitrogens with zero attached hydrogens (tertiary/aromatic N) is 1. The average molecular weight is 417 g/mol. The number of benzene rings is 2. The van der Waals surface area contributed by atoms with Gasteiger partial charge in [-0.15, -0.1) is 0 Å². The normalized spacial score (nSPS) is 14.5. The van der Waals surface area contributed by atoms with Gasteiger partial charge < -0.3 is 19.7 Å². The Balaban J connectivity index is 1.59. The minimum Gasteiger partial charge on any atom is -0.496 e. The van der Waals surface area contributed by atoms with Crippen molar-refractivity contribution >= 4 is 29.1 Å². The highest BCUT2D eigenvalue weighted by atomic mass is 35.5. The molecule has 2 aromatic rings. The lowest BCUT2D eigenvalue weighted by atomic mass is 9.95. The monoisotopic (exact) mass is 416 g/mol. The van der Waals surface area contributed by atoms with Crippen LogP contribution in [0.5, 0.6) is 5.75 Å². The number of carbonyl (C=O) groups is 2. The summed E-state index contributed by atoms with van der Waals surface area (Å²) in [6.07, 6.45) is 1.22. The molecule has 0 aliphatic carbocycles. The zero-order valence-electron chi connectivity index (χ0n) is 16.6. The van der Waals surface area contributed by atoms with E-state index in [-0.39, 0.29) is 17.7 Å². The molecule has 0 unspecified atom stereocenters. The third kappa shape index (κ3) is 5.28. The topological polar surface area (TPSA) is 67.9 Å². The lowest BCUT2D eigenvalue weighted by molar-refractivity contribution is -0.121. The third-order valence-corrected chi connectivity index (χ3v) is 5.29. The Morgan fingerprint density at radius 1 is 1.14 bits per heavy atom. The average Bonchev–Trinajstić information content (AvgIpc) is 2.74. The van der Waals surface area contributed by atoms with Crippen molar-refractivity contribution in [3.63, 3.8) is 0 Å². The minimum absolute atomic E-state index is 0.0213. The van der Waals surface area contributed by atoms with Gasteiger partial charge in [0.1, 0.15) is 5.75 Å². The van der Waals surface area contributed by atoms with E-state index in [1.54, 1.807) is 30.2 Å². The van der Waals surface area contributed by atoms with Gasteiger partial charge in [-0.25, -0.2) is 0 Å². The summed E-state index contributed by atoms with van der Waals surface area (Å²) in [6.45, 7) is 1.52. The SMILES string of the molecule is COCc1cccc(NC(=O)C2CCN(C(=O)c3cc(Cl)ccc3OC)CC2)c1. The maximum absolute atomic E-state index is 12.9. The van der Waals surface area contributed by atoms with Gasteiger partial charge in [0.25, 0.3) is 5.91 Å². The van der Waals surface area contributed by atoms with Gasteiger partial charge in [0.05, 0.1) is 19.3 Å². The molecule has 1 fully saturated rings. The summed E-state index contributed by atoms with van der Waals surface area (Å²) in [4.78, 5) is 27.3. The quantitative estimate of drug-likeness (QED) is 0.773. The second-order valence-electron chi connectivity index (χ2n) is 7.03. The van der Waals surface area contributed by atoms with E-state index >= 15 is 0 Å².